The number of nitrogens with zero attached hydrogens (tertiary/aromatic N) is 4. The van der Waals surface area contributed by atoms with Crippen LogP contribution in [0.2, 0.25) is 0 Å². The van der Waals surface area contributed by atoms with Gasteiger partial charge in [0, 0.05) is 39.0 Å². The lowest BCUT2D eigenvalue weighted by Crippen LogP contribution is -2.27. The lowest BCUT2D eigenvalue weighted by Gasteiger charge is -2.13. The molecule has 0 saturated carbocycles. The molecule has 4 nitrogen and oxygen atoms in total. The molecule has 3 aromatic heterocycles. The van der Waals surface area contributed by atoms with Crippen LogP contribution in [0.1, 0.15) is 17.5 Å². The molecule has 9 aromatic rings. The number of fused-ring (bicyclic) bond motifs is 7. The zero-order valence-corrected chi connectivity index (χ0v) is 29.0. The van der Waals surface area contributed by atoms with Gasteiger partial charge in [-0.15, -0.1) is 0 Å². The highest BCUT2D eigenvalue weighted by Crippen LogP contribution is 2.36. The Kier molecular flexibility index (Phi) is 6.65. The van der Waals surface area contributed by atoms with Crippen molar-refractivity contribution in [2.24, 2.45) is 0 Å². The molecule has 2 aliphatic carbocycles. The molecule has 0 bridgehead atoms. The fraction of sp³-hybridized carbons (Fsp3) is 0.0408. The van der Waals surface area contributed by atoms with Gasteiger partial charge in [-0.3, -0.25) is 4.57 Å². The predicted molar refractivity (Wildman–Crippen MR) is 220 cm³/mol. The van der Waals surface area contributed by atoms with Crippen LogP contribution in [0.4, 0.5) is 0 Å². The van der Waals surface area contributed by atoms with Gasteiger partial charge in [0.05, 0.1) is 32.8 Å². The van der Waals surface area contributed by atoms with Crippen molar-refractivity contribution in [3.05, 3.63) is 186 Å². The highest BCUT2D eigenvalue weighted by atomic mass is 15.1. The van der Waals surface area contributed by atoms with E-state index in [1.54, 1.807) is 0 Å². The van der Waals surface area contributed by atoms with Crippen LogP contribution in [0.3, 0.4) is 0 Å². The Hall–Kier alpha value is -6.91. The van der Waals surface area contributed by atoms with Gasteiger partial charge in [0.15, 0.2) is 0 Å². The Morgan fingerprint density at radius 2 is 1.21 bits per heavy atom. The Morgan fingerprint density at radius 1 is 0.491 bits per heavy atom. The van der Waals surface area contributed by atoms with Crippen LogP contribution in [-0.4, -0.2) is 18.7 Å². The number of rotatable bonds is 5. The van der Waals surface area contributed by atoms with E-state index in [1.807, 2.05) is 0 Å². The van der Waals surface area contributed by atoms with Crippen molar-refractivity contribution in [1.82, 2.24) is 18.7 Å². The van der Waals surface area contributed by atoms with Crippen LogP contribution in [0.15, 0.2) is 164 Å². The maximum Gasteiger partial charge on any atom is 0.145 e. The van der Waals surface area contributed by atoms with Crippen molar-refractivity contribution in [1.29, 1.82) is 0 Å². The first-order valence-corrected chi connectivity index (χ1v) is 18.4. The van der Waals surface area contributed by atoms with Gasteiger partial charge in [-0.1, -0.05) is 115 Å². The maximum absolute atomic E-state index is 5.08. The second-order valence-electron chi connectivity index (χ2n) is 13.9. The number of hydrogen-bond acceptors (Lipinski definition) is 1. The lowest BCUT2D eigenvalue weighted by atomic mass is 10.0. The quantitative estimate of drug-likeness (QED) is 0.178. The predicted octanol–water partition coefficient (Wildman–Crippen LogP) is 10.3. The SMILES string of the molecule is C1=CCc2c3c(n(-c4cccc(-n5c6ccccc6c6cc(-c7ccc(-c8nc9ccccc9n8-c8ccccc8)cc7)ccc65)c4)c2=C1)=CCC=C3. The van der Waals surface area contributed by atoms with E-state index >= 15 is 0 Å². The van der Waals surface area contributed by atoms with Crippen LogP contribution in [0.25, 0.3) is 90.6 Å². The van der Waals surface area contributed by atoms with Crippen LogP contribution in [0.5, 0.6) is 0 Å². The minimum Gasteiger partial charge on any atom is -0.310 e. The summed E-state index contributed by atoms with van der Waals surface area (Å²) in [6.07, 6.45) is 15.6. The van der Waals surface area contributed by atoms with Gasteiger partial charge < -0.3 is 9.13 Å². The zero-order chi connectivity index (χ0) is 34.9. The van der Waals surface area contributed by atoms with Gasteiger partial charge >= 0.3 is 0 Å². The average molecular weight is 679 g/mol. The molecule has 6 aromatic carbocycles. The van der Waals surface area contributed by atoms with E-state index < -0.39 is 0 Å². The summed E-state index contributed by atoms with van der Waals surface area (Å²) in [4.78, 5) is 5.08. The fourth-order valence-corrected chi connectivity index (χ4v) is 8.52. The number of hydrogen-bond donors (Lipinski definition) is 0. The van der Waals surface area contributed by atoms with Crippen molar-refractivity contribution in [2.75, 3.05) is 0 Å². The summed E-state index contributed by atoms with van der Waals surface area (Å²) >= 11 is 0. The van der Waals surface area contributed by atoms with Gasteiger partial charge in [0.25, 0.3) is 0 Å². The van der Waals surface area contributed by atoms with Crippen LogP contribution >= 0.6 is 0 Å². The van der Waals surface area contributed by atoms with Gasteiger partial charge in [-0.2, -0.15) is 0 Å². The number of para-hydroxylation sites is 4. The number of imidazole rings is 1. The van der Waals surface area contributed by atoms with E-state index in [0.717, 1.165) is 46.6 Å². The van der Waals surface area contributed by atoms with Gasteiger partial charge in [-0.05, 0) is 96.3 Å². The highest BCUT2D eigenvalue weighted by Gasteiger charge is 2.19. The molecule has 0 saturated heterocycles. The Balaban J connectivity index is 1.02. The van der Waals surface area contributed by atoms with E-state index in [-0.39, 0.29) is 0 Å². The molecule has 0 amide bonds. The van der Waals surface area contributed by atoms with Crippen molar-refractivity contribution in [2.45, 2.75) is 12.8 Å². The number of allylic oxidation sites excluding steroid dienone is 3. The molecule has 0 aliphatic heterocycles. The molecule has 0 N–H and O–H groups in total. The average Bonchev–Trinajstić information content (AvgIpc) is 3.89. The Morgan fingerprint density at radius 3 is 2.09 bits per heavy atom. The van der Waals surface area contributed by atoms with Crippen LogP contribution < -0.4 is 10.7 Å². The summed E-state index contributed by atoms with van der Waals surface area (Å²) in [6, 6.07) is 52.4. The molecule has 2 aliphatic rings. The molecule has 250 valence electrons. The molecule has 0 radical (unpaired) electrons. The topological polar surface area (TPSA) is 27.7 Å². The smallest absolute Gasteiger partial charge is 0.145 e. The molecule has 3 heterocycles. The van der Waals surface area contributed by atoms with Gasteiger partial charge in [0.2, 0.25) is 0 Å². The molecule has 11 rings (SSSR count). The summed E-state index contributed by atoms with van der Waals surface area (Å²) < 4.78 is 7.13. The summed E-state index contributed by atoms with van der Waals surface area (Å²) in [5, 5.41) is 5.07. The van der Waals surface area contributed by atoms with Crippen molar-refractivity contribution in [3.8, 4) is 39.6 Å². The minimum atomic E-state index is 0.939. The molecule has 0 fully saturated rings. The third-order valence-electron chi connectivity index (χ3n) is 10.9. The zero-order valence-electron chi connectivity index (χ0n) is 29.0. The largest absolute Gasteiger partial charge is 0.310 e. The third-order valence-corrected chi connectivity index (χ3v) is 10.9. The molecular formula is C49H34N4. The van der Waals surface area contributed by atoms with Crippen molar-refractivity contribution >= 4 is 51.1 Å². The first-order valence-electron chi connectivity index (χ1n) is 18.4. The molecule has 0 spiro atoms. The minimum absolute atomic E-state index is 0.939. The van der Waals surface area contributed by atoms with Crippen LogP contribution in [0, 0.1) is 0 Å². The maximum atomic E-state index is 5.08. The molecule has 4 heteroatoms. The molecular weight excluding hydrogens is 645 g/mol. The van der Waals surface area contributed by atoms with Gasteiger partial charge in [0.1, 0.15) is 5.82 Å². The standard InChI is InChI=1S/C49H34N4/c1-2-13-36(14-3-1)53-48-24-11-7-20-43(48)50-49(53)34-27-25-33(26-28-34)35-29-30-47-42(31-35)41-19-6-10-23-46(41)52(47)38-16-12-15-37(32-38)51-44-21-8-4-17-39(44)40-18-5-9-22-45(40)51/h1-8,10-16,18-32H,9,17H2. The van der Waals surface area contributed by atoms with Gasteiger partial charge in [-0.25, -0.2) is 4.98 Å². The van der Waals surface area contributed by atoms with Crippen LogP contribution in [-0.2, 0) is 6.42 Å². The van der Waals surface area contributed by atoms with E-state index in [4.69, 9.17) is 4.98 Å². The van der Waals surface area contributed by atoms with E-state index in [0.29, 0.717) is 0 Å². The summed E-state index contributed by atoms with van der Waals surface area (Å²) in [6.45, 7) is 0. The second-order valence-corrected chi connectivity index (χ2v) is 13.9. The lowest BCUT2D eigenvalue weighted by molar-refractivity contribution is 0.972. The number of aromatic nitrogens is 4. The van der Waals surface area contributed by atoms with E-state index in [2.05, 4.69) is 196 Å². The third kappa shape index (κ3) is 4.66. The summed E-state index contributed by atoms with van der Waals surface area (Å²) in [5.41, 5.74) is 14.1. The Labute approximate surface area is 306 Å². The van der Waals surface area contributed by atoms with Crippen molar-refractivity contribution in [3.63, 3.8) is 0 Å². The monoisotopic (exact) mass is 678 g/mol. The molecule has 0 atom stereocenters. The first kappa shape index (κ1) is 29.8. The summed E-state index contributed by atoms with van der Waals surface area (Å²) in [5.74, 6) is 0.939. The van der Waals surface area contributed by atoms with E-state index in [1.165, 1.54) is 60.4 Å². The number of benzene rings is 6. The second kappa shape index (κ2) is 11.8. The molecule has 0 unspecified atom stereocenters. The highest BCUT2D eigenvalue weighted by molar-refractivity contribution is 6.10. The fourth-order valence-electron chi connectivity index (χ4n) is 8.52. The first-order chi connectivity index (χ1) is 26.3. The normalized spacial score (nSPS) is 13.3. The van der Waals surface area contributed by atoms with Crippen molar-refractivity contribution < 1.29 is 0 Å². The van der Waals surface area contributed by atoms with E-state index in [9.17, 15) is 0 Å². The Bertz CT molecular complexity index is 3090. The summed E-state index contributed by atoms with van der Waals surface area (Å²) in [7, 11) is 0. The molecule has 53 heavy (non-hydrogen) atoms.